The Hall–Kier alpha value is -2.30. The van der Waals surface area contributed by atoms with Gasteiger partial charge in [0.25, 0.3) is 5.56 Å². The van der Waals surface area contributed by atoms with Crippen LogP contribution in [0.4, 0.5) is 5.95 Å². The van der Waals surface area contributed by atoms with Crippen molar-refractivity contribution < 1.29 is 4.74 Å². The van der Waals surface area contributed by atoms with Gasteiger partial charge in [0.05, 0.1) is 6.20 Å². The zero-order valence-corrected chi connectivity index (χ0v) is 8.73. The van der Waals surface area contributed by atoms with Gasteiger partial charge in [-0.3, -0.25) is 9.78 Å². The number of rotatable bonds is 2. The lowest BCUT2D eigenvalue weighted by atomic mass is 10.2. The maximum Gasteiger partial charge on any atom is 0.295 e. The molecular weight excluding hydrogens is 206 g/mol. The highest BCUT2D eigenvalue weighted by molar-refractivity contribution is 5.36. The topological polar surface area (TPSA) is 81.0 Å². The number of hydrogen-bond acceptors (Lipinski definition) is 4. The number of anilines is 1. The van der Waals surface area contributed by atoms with E-state index < -0.39 is 5.56 Å². The minimum atomic E-state index is -0.393. The molecule has 1 aromatic heterocycles. The van der Waals surface area contributed by atoms with Crippen LogP contribution in [0.5, 0.6) is 11.5 Å². The van der Waals surface area contributed by atoms with Gasteiger partial charge in [0.2, 0.25) is 5.75 Å². The maximum atomic E-state index is 11.5. The summed E-state index contributed by atoms with van der Waals surface area (Å²) in [6.07, 6.45) is 1.31. The van der Waals surface area contributed by atoms with Crippen molar-refractivity contribution in [2.45, 2.75) is 6.92 Å². The van der Waals surface area contributed by atoms with E-state index in [1.54, 1.807) is 6.07 Å². The predicted molar refractivity (Wildman–Crippen MR) is 60.5 cm³/mol. The molecule has 16 heavy (non-hydrogen) atoms. The molecule has 1 heterocycles. The third-order valence-corrected chi connectivity index (χ3v) is 2.10. The van der Waals surface area contributed by atoms with E-state index in [0.717, 1.165) is 5.56 Å². The van der Waals surface area contributed by atoms with Crippen molar-refractivity contribution in [3.05, 3.63) is 46.4 Å². The quantitative estimate of drug-likeness (QED) is 0.797. The van der Waals surface area contributed by atoms with E-state index in [1.807, 2.05) is 25.1 Å². The van der Waals surface area contributed by atoms with E-state index in [1.165, 1.54) is 6.20 Å². The van der Waals surface area contributed by atoms with Gasteiger partial charge in [-0.25, -0.2) is 4.98 Å². The second-order valence-corrected chi connectivity index (χ2v) is 3.33. The number of para-hydroxylation sites is 1. The van der Waals surface area contributed by atoms with Gasteiger partial charge in [-0.15, -0.1) is 0 Å². The molecule has 82 valence electrons. The van der Waals surface area contributed by atoms with Crippen molar-refractivity contribution in [1.29, 1.82) is 0 Å². The molecule has 0 amide bonds. The van der Waals surface area contributed by atoms with Gasteiger partial charge in [-0.1, -0.05) is 18.2 Å². The first-order valence-corrected chi connectivity index (χ1v) is 4.75. The number of nitrogens with two attached hydrogens (primary N) is 1. The van der Waals surface area contributed by atoms with E-state index >= 15 is 0 Å². The van der Waals surface area contributed by atoms with Crippen LogP contribution in [0, 0.1) is 6.92 Å². The average molecular weight is 217 g/mol. The standard InChI is InChI=1S/C11H11N3O2/c1-7-4-2-3-5-8(7)16-9-6-13-11(12)14-10(9)15/h2-6H,1H3,(H3,12,13,14,15). The summed E-state index contributed by atoms with van der Waals surface area (Å²) in [6.45, 7) is 1.90. The molecule has 0 bridgehead atoms. The average Bonchev–Trinajstić information content (AvgIpc) is 2.25. The first-order chi connectivity index (χ1) is 7.66. The molecule has 0 radical (unpaired) electrons. The van der Waals surface area contributed by atoms with Crippen LogP contribution >= 0.6 is 0 Å². The summed E-state index contributed by atoms with van der Waals surface area (Å²) in [5.41, 5.74) is 5.88. The normalized spacial score (nSPS) is 10.1. The van der Waals surface area contributed by atoms with Gasteiger partial charge in [0.15, 0.2) is 5.95 Å². The fourth-order valence-corrected chi connectivity index (χ4v) is 1.26. The number of nitrogens with zero attached hydrogens (tertiary/aromatic N) is 1. The minimum absolute atomic E-state index is 0.0714. The van der Waals surface area contributed by atoms with Gasteiger partial charge >= 0.3 is 0 Å². The molecule has 0 unspecified atom stereocenters. The number of nitrogens with one attached hydrogen (secondary N) is 1. The molecular formula is C11H11N3O2. The van der Waals surface area contributed by atoms with Crippen LogP contribution in [0.3, 0.4) is 0 Å². The highest BCUT2D eigenvalue weighted by Gasteiger charge is 2.05. The zero-order chi connectivity index (χ0) is 11.5. The molecule has 5 nitrogen and oxygen atoms in total. The van der Waals surface area contributed by atoms with Crippen molar-refractivity contribution in [3.8, 4) is 11.5 Å². The first-order valence-electron chi connectivity index (χ1n) is 4.75. The third-order valence-electron chi connectivity index (χ3n) is 2.10. The minimum Gasteiger partial charge on any atom is -0.450 e. The molecule has 0 aliphatic rings. The predicted octanol–water partition coefficient (Wildman–Crippen LogP) is 1.45. The number of nitrogen functional groups attached to an aromatic ring is 1. The summed E-state index contributed by atoms with van der Waals surface area (Å²) in [7, 11) is 0. The van der Waals surface area contributed by atoms with Crippen molar-refractivity contribution in [2.75, 3.05) is 5.73 Å². The molecule has 3 N–H and O–H groups in total. The fraction of sp³-hybridized carbons (Fsp3) is 0.0909. The Morgan fingerprint density at radius 3 is 2.75 bits per heavy atom. The maximum absolute atomic E-state index is 11.5. The number of ether oxygens (including phenoxy) is 1. The lowest BCUT2D eigenvalue weighted by Gasteiger charge is -2.06. The van der Waals surface area contributed by atoms with Crippen LogP contribution in [0.2, 0.25) is 0 Å². The van der Waals surface area contributed by atoms with Crippen LogP contribution in [-0.4, -0.2) is 9.97 Å². The molecule has 2 aromatic rings. The van der Waals surface area contributed by atoms with Crippen LogP contribution in [0.15, 0.2) is 35.3 Å². The second kappa shape index (κ2) is 4.06. The molecule has 0 saturated heterocycles. The largest absolute Gasteiger partial charge is 0.450 e. The molecule has 0 fully saturated rings. The number of aryl methyl sites for hydroxylation is 1. The lowest BCUT2D eigenvalue weighted by molar-refractivity contribution is 0.468. The van der Waals surface area contributed by atoms with Crippen molar-refractivity contribution >= 4 is 5.95 Å². The molecule has 0 aliphatic heterocycles. The molecule has 0 spiro atoms. The number of aromatic nitrogens is 2. The van der Waals surface area contributed by atoms with Crippen LogP contribution in [-0.2, 0) is 0 Å². The van der Waals surface area contributed by atoms with Crippen LogP contribution in [0.25, 0.3) is 0 Å². The Bertz CT molecular complexity index is 563. The van der Waals surface area contributed by atoms with E-state index in [2.05, 4.69) is 9.97 Å². The lowest BCUT2D eigenvalue weighted by Crippen LogP contribution is -2.12. The highest BCUT2D eigenvalue weighted by Crippen LogP contribution is 2.21. The van der Waals surface area contributed by atoms with E-state index in [-0.39, 0.29) is 11.7 Å². The van der Waals surface area contributed by atoms with Gasteiger partial charge in [-0.2, -0.15) is 0 Å². The third kappa shape index (κ3) is 2.03. The fourth-order valence-electron chi connectivity index (χ4n) is 1.26. The van der Waals surface area contributed by atoms with Crippen molar-refractivity contribution in [3.63, 3.8) is 0 Å². The molecule has 0 atom stereocenters. The number of hydrogen-bond donors (Lipinski definition) is 2. The highest BCUT2D eigenvalue weighted by atomic mass is 16.5. The van der Waals surface area contributed by atoms with Gasteiger partial charge in [0, 0.05) is 0 Å². The van der Waals surface area contributed by atoms with E-state index in [9.17, 15) is 4.79 Å². The number of aromatic amines is 1. The summed E-state index contributed by atoms with van der Waals surface area (Å²) in [5.74, 6) is 0.824. The molecule has 2 rings (SSSR count). The summed E-state index contributed by atoms with van der Waals surface area (Å²) in [5, 5.41) is 0. The van der Waals surface area contributed by atoms with Gasteiger partial charge in [0.1, 0.15) is 5.75 Å². The second-order valence-electron chi connectivity index (χ2n) is 3.33. The van der Waals surface area contributed by atoms with Crippen LogP contribution < -0.4 is 16.0 Å². The first kappa shape index (κ1) is 10.2. The molecule has 0 saturated carbocycles. The number of benzene rings is 1. The SMILES string of the molecule is Cc1ccccc1Oc1cnc(N)[nH]c1=O. The van der Waals surface area contributed by atoms with Gasteiger partial charge in [-0.05, 0) is 18.6 Å². The zero-order valence-electron chi connectivity index (χ0n) is 8.73. The Balaban J connectivity index is 2.35. The van der Waals surface area contributed by atoms with Crippen LogP contribution in [0.1, 0.15) is 5.56 Å². The van der Waals surface area contributed by atoms with E-state index in [0.29, 0.717) is 5.75 Å². The molecule has 1 aromatic carbocycles. The number of H-pyrrole nitrogens is 1. The summed E-state index contributed by atoms with van der Waals surface area (Å²) >= 11 is 0. The van der Waals surface area contributed by atoms with Crippen molar-refractivity contribution in [2.24, 2.45) is 0 Å². The van der Waals surface area contributed by atoms with Crippen molar-refractivity contribution in [1.82, 2.24) is 9.97 Å². The summed E-state index contributed by atoms with van der Waals surface area (Å²) in [4.78, 5) is 17.6. The Morgan fingerprint density at radius 2 is 2.06 bits per heavy atom. The smallest absolute Gasteiger partial charge is 0.295 e. The Labute approximate surface area is 91.9 Å². The molecule has 0 aliphatic carbocycles. The Morgan fingerprint density at radius 1 is 1.31 bits per heavy atom. The molecule has 5 heteroatoms. The van der Waals surface area contributed by atoms with Gasteiger partial charge < -0.3 is 10.5 Å². The monoisotopic (exact) mass is 217 g/mol. The summed E-state index contributed by atoms with van der Waals surface area (Å²) in [6, 6.07) is 7.41. The van der Waals surface area contributed by atoms with E-state index in [4.69, 9.17) is 10.5 Å². The summed E-state index contributed by atoms with van der Waals surface area (Å²) < 4.78 is 5.43. The Kier molecular flexibility index (Phi) is 2.59.